The van der Waals surface area contributed by atoms with Crippen molar-refractivity contribution >= 4 is 0 Å². The van der Waals surface area contributed by atoms with Crippen LogP contribution >= 0.6 is 0 Å². The molecule has 0 heterocycles. The number of aliphatic hydroxyl groups excluding tert-OH is 1. The zero-order valence-electron chi connectivity index (χ0n) is 12.6. The van der Waals surface area contributed by atoms with Crippen LogP contribution in [-0.2, 0) is 18.9 Å². The maximum absolute atomic E-state index is 8.98. The minimum absolute atomic E-state index is 0. The van der Waals surface area contributed by atoms with Gasteiger partial charge in [0.25, 0.3) is 0 Å². The summed E-state index contributed by atoms with van der Waals surface area (Å²) >= 11 is 0. The normalized spacial score (nSPS) is 10.2. The molecule has 0 fully saturated rings. The summed E-state index contributed by atoms with van der Waals surface area (Å²) in [5, 5.41) is 8.98. The highest BCUT2D eigenvalue weighted by molar-refractivity contribution is 4.48. The van der Waals surface area contributed by atoms with Crippen molar-refractivity contribution in [2.45, 2.75) is 105 Å². The van der Waals surface area contributed by atoms with E-state index in [4.69, 9.17) is 24.1 Å². The Labute approximate surface area is 176 Å². The van der Waals surface area contributed by atoms with Crippen LogP contribution in [0, 0.1) is 0 Å². The molecular formula is C22H62O5. The van der Waals surface area contributed by atoms with Crippen molar-refractivity contribution in [3.63, 3.8) is 0 Å². The summed E-state index contributed by atoms with van der Waals surface area (Å²) in [6.45, 7) is 9.79. The van der Waals surface area contributed by atoms with Gasteiger partial charge in [0.1, 0.15) is 0 Å². The van der Waals surface area contributed by atoms with E-state index in [9.17, 15) is 0 Å². The molecule has 0 spiro atoms. The highest BCUT2D eigenvalue weighted by atomic mass is 16.6. The molecule has 0 aromatic rings. The fourth-order valence-corrected chi connectivity index (χ4v) is 1.33. The van der Waals surface area contributed by atoms with Gasteiger partial charge in [0, 0.05) is 6.61 Å². The molecule has 5 heteroatoms. The average molecular weight is 407 g/mol. The van der Waals surface area contributed by atoms with E-state index in [1.165, 1.54) is 0 Å². The lowest BCUT2D eigenvalue weighted by Crippen LogP contribution is -2.21. The minimum Gasteiger partial charge on any atom is -0.391 e. The summed E-state index contributed by atoms with van der Waals surface area (Å²) < 4.78 is 21.5. The van der Waals surface area contributed by atoms with E-state index in [2.05, 4.69) is 6.92 Å². The van der Waals surface area contributed by atoms with Crippen LogP contribution in [-0.4, -0.2) is 63.6 Å². The molecule has 0 radical (unpaired) electrons. The summed E-state index contributed by atoms with van der Waals surface area (Å²) in [7, 11) is 0. The third-order valence-electron chi connectivity index (χ3n) is 2.36. The number of hydrogen-bond donors (Lipinski definition) is 1. The lowest BCUT2D eigenvalue weighted by Gasteiger charge is -2.14. The second kappa shape index (κ2) is 44.9. The molecule has 0 rings (SSSR count). The molecule has 0 aliphatic carbocycles. The molecule has 180 valence electrons. The Morgan fingerprint density at radius 2 is 1.07 bits per heavy atom. The number of aliphatic hydroxyl groups is 1. The third-order valence-corrected chi connectivity index (χ3v) is 2.36. The lowest BCUT2D eigenvalue weighted by atomic mass is 10.4. The van der Waals surface area contributed by atoms with Crippen LogP contribution in [0.15, 0.2) is 0 Å². The summed E-state index contributed by atoms with van der Waals surface area (Å²) in [5.41, 5.74) is 0. The fourth-order valence-electron chi connectivity index (χ4n) is 1.33. The Kier molecular flexibility index (Phi) is 93.6. The van der Waals surface area contributed by atoms with E-state index in [1.54, 1.807) is 6.92 Å². The molecule has 0 bridgehead atoms. The monoisotopic (exact) mass is 406 g/mol. The van der Waals surface area contributed by atoms with Crippen LogP contribution < -0.4 is 0 Å². The fraction of sp³-hybridized carbons (Fsp3) is 1.00. The van der Waals surface area contributed by atoms with Gasteiger partial charge < -0.3 is 24.1 Å². The number of hydrogen-bond acceptors (Lipinski definition) is 5. The van der Waals surface area contributed by atoms with Crippen molar-refractivity contribution < 1.29 is 24.1 Å². The molecular weight excluding hydrogens is 344 g/mol. The molecule has 0 saturated heterocycles. The van der Waals surface area contributed by atoms with Crippen LogP contribution in [0.2, 0.25) is 0 Å². The molecule has 0 aromatic heterocycles. The first kappa shape index (κ1) is 56.3. The van der Waals surface area contributed by atoms with Gasteiger partial charge in [-0.15, -0.1) is 0 Å². The number of rotatable bonds is 14. The number of unbranched alkanes of at least 4 members (excludes halogenated alkanes) is 1. The molecule has 0 amide bonds. The van der Waals surface area contributed by atoms with E-state index < -0.39 is 6.10 Å². The van der Waals surface area contributed by atoms with Crippen molar-refractivity contribution in [3.8, 4) is 0 Å². The predicted octanol–water partition coefficient (Wildman–Crippen LogP) is 6.71. The summed E-state index contributed by atoms with van der Waals surface area (Å²) in [5.74, 6) is 0. The Hall–Kier alpha value is -0.200. The molecule has 0 aliphatic heterocycles. The van der Waals surface area contributed by atoms with Crippen LogP contribution in [0.1, 0.15) is 93.0 Å². The predicted molar refractivity (Wildman–Crippen MR) is 128 cm³/mol. The Balaban J connectivity index is -0.0000000579. The highest BCUT2D eigenvalue weighted by Crippen LogP contribution is 1.94. The number of ether oxygens (including phenoxy) is 4. The van der Waals surface area contributed by atoms with Crippen molar-refractivity contribution in [1.82, 2.24) is 0 Å². The second-order valence-corrected chi connectivity index (χ2v) is 4.65. The molecule has 1 N–H and O–H groups in total. The van der Waals surface area contributed by atoms with Gasteiger partial charge in [-0.05, 0) is 20.3 Å². The van der Waals surface area contributed by atoms with E-state index in [-0.39, 0.29) is 65.5 Å². The largest absolute Gasteiger partial charge is 0.391 e. The first-order chi connectivity index (χ1) is 9.16. The van der Waals surface area contributed by atoms with Crippen LogP contribution in [0.3, 0.4) is 0 Å². The molecule has 2 unspecified atom stereocenters. The summed E-state index contributed by atoms with van der Waals surface area (Å²) in [4.78, 5) is 0. The Morgan fingerprint density at radius 3 is 1.56 bits per heavy atom. The van der Waals surface area contributed by atoms with E-state index in [0.29, 0.717) is 39.6 Å². The standard InChI is InChI=1S/C14H30O5.8CH4/c1-4-5-6-16-7-8-18-12-14(3)19-10-9-17-11-13(2)15;;;;;;;;/h13-15H,4-12H2,1-3H3;8*1H4. The van der Waals surface area contributed by atoms with Crippen molar-refractivity contribution in [2.75, 3.05) is 46.2 Å². The SMILES string of the molecule is C.C.C.C.C.C.C.C.CCCCOCCOCC(C)OCCOCC(C)O. The first-order valence-corrected chi connectivity index (χ1v) is 7.19. The van der Waals surface area contributed by atoms with Crippen molar-refractivity contribution in [1.29, 1.82) is 0 Å². The van der Waals surface area contributed by atoms with E-state index in [1.807, 2.05) is 6.92 Å². The van der Waals surface area contributed by atoms with Gasteiger partial charge in [-0.25, -0.2) is 0 Å². The maximum atomic E-state index is 8.98. The third kappa shape index (κ3) is 51.8. The highest BCUT2D eigenvalue weighted by Gasteiger charge is 2.02. The van der Waals surface area contributed by atoms with Crippen molar-refractivity contribution in [2.24, 2.45) is 0 Å². The van der Waals surface area contributed by atoms with Gasteiger partial charge in [-0.1, -0.05) is 72.8 Å². The van der Waals surface area contributed by atoms with Crippen molar-refractivity contribution in [3.05, 3.63) is 0 Å². The summed E-state index contributed by atoms with van der Waals surface area (Å²) in [6, 6.07) is 0. The Morgan fingerprint density at radius 1 is 0.630 bits per heavy atom. The maximum Gasteiger partial charge on any atom is 0.0781 e. The second-order valence-electron chi connectivity index (χ2n) is 4.65. The zero-order chi connectivity index (χ0) is 14.3. The topological polar surface area (TPSA) is 57.2 Å². The van der Waals surface area contributed by atoms with E-state index in [0.717, 1.165) is 19.4 Å². The molecule has 2 atom stereocenters. The zero-order valence-corrected chi connectivity index (χ0v) is 12.6. The molecule has 27 heavy (non-hydrogen) atoms. The van der Waals surface area contributed by atoms with Gasteiger partial charge in [0.2, 0.25) is 0 Å². The first-order valence-electron chi connectivity index (χ1n) is 7.19. The minimum atomic E-state index is -0.423. The molecule has 0 aromatic carbocycles. The van der Waals surface area contributed by atoms with Crippen LogP contribution in [0.4, 0.5) is 0 Å². The van der Waals surface area contributed by atoms with Gasteiger partial charge in [0.15, 0.2) is 0 Å². The molecule has 0 saturated carbocycles. The smallest absolute Gasteiger partial charge is 0.0781 e. The Bertz CT molecular complexity index is 178. The summed E-state index contributed by atoms with van der Waals surface area (Å²) in [6.07, 6.45) is 1.88. The quantitative estimate of drug-likeness (QED) is 0.325. The molecule has 5 nitrogen and oxygen atoms in total. The lowest BCUT2D eigenvalue weighted by molar-refractivity contribution is -0.0467. The van der Waals surface area contributed by atoms with Gasteiger partial charge in [0.05, 0.1) is 51.8 Å². The van der Waals surface area contributed by atoms with Gasteiger partial charge >= 0.3 is 0 Å². The average Bonchev–Trinajstić information content (AvgIpc) is 2.37. The van der Waals surface area contributed by atoms with E-state index >= 15 is 0 Å². The molecule has 0 aliphatic rings. The van der Waals surface area contributed by atoms with Gasteiger partial charge in [-0.2, -0.15) is 0 Å². The van der Waals surface area contributed by atoms with Gasteiger partial charge in [-0.3, -0.25) is 0 Å². The van der Waals surface area contributed by atoms with Crippen LogP contribution in [0.25, 0.3) is 0 Å². The van der Waals surface area contributed by atoms with Crippen LogP contribution in [0.5, 0.6) is 0 Å².